The fourth-order valence-corrected chi connectivity index (χ4v) is 3.28. The van der Waals surface area contributed by atoms with Crippen molar-refractivity contribution in [2.24, 2.45) is 7.05 Å². The van der Waals surface area contributed by atoms with Crippen LogP contribution < -0.4 is 0 Å². The van der Waals surface area contributed by atoms with Gasteiger partial charge in [0.15, 0.2) is 0 Å². The van der Waals surface area contributed by atoms with E-state index in [9.17, 15) is 5.11 Å². The summed E-state index contributed by atoms with van der Waals surface area (Å²) in [5.41, 5.74) is 2.06. The molecule has 2 aliphatic rings. The summed E-state index contributed by atoms with van der Waals surface area (Å²) in [5.74, 6) is 0. The van der Waals surface area contributed by atoms with Crippen LogP contribution in [0.15, 0.2) is 6.07 Å². The Kier molecular flexibility index (Phi) is 3.60. The number of hydrogen-bond acceptors (Lipinski definition) is 4. The second kappa shape index (κ2) is 5.23. The molecule has 0 spiro atoms. The van der Waals surface area contributed by atoms with E-state index < -0.39 is 6.10 Å². The molecule has 5 heteroatoms. The Hall–Kier alpha value is -0.910. The quantitative estimate of drug-likeness (QED) is 0.864. The molecular weight excluding hydrogens is 242 g/mol. The van der Waals surface area contributed by atoms with Crippen LogP contribution in [0.3, 0.4) is 0 Å². The number of rotatable bonds is 3. The van der Waals surface area contributed by atoms with Crippen molar-refractivity contribution < 1.29 is 9.84 Å². The van der Waals surface area contributed by atoms with Gasteiger partial charge in [-0.05, 0) is 32.4 Å². The zero-order valence-electron chi connectivity index (χ0n) is 11.7. The highest BCUT2D eigenvalue weighted by Crippen LogP contribution is 2.24. The van der Waals surface area contributed by atoms with E-state index in [1.165, 1.54) is 12.8 Å². The Bertz CT molecular complexity index is 446. The monoisotopic (exact) mass is 265 g/mol. The van der Waals surface area contributed by atoms with E-state index in [0.717, 1.165) is 31.1 Å². The second-order valence-corrected chi connectivity index (χ2v) is 5.83. The van der Waals surface area contributed by atoms with Crippen molar-refractivity contribution in [1.29, 1.82) is 0 Å². The SMILES string of the molecule is Cc1cc(CC(O)C2CN3CCCC3CO2)n(C)n1. The number of hydrogen-bond donors (Lipinski definition) is 1. The molecule has 0 radical (unpaired) electrons. The summed E-state index contributed by atoms with van der Waals surface area (Å²) in [6.07, 6.45) is 2.60. The number of nitrogens with zero attached hydrogens (tertiary/aromatic N) is 3. The molecular formula is C14H23N3O2. The first-order chi connectivity index (χ1) is 9.13. The lowest BCUT2D eigenvalue weighted by molar-refractivity contribution is -0.102. The third-order valence-corrected chi connectivity index (χ3v) is 4.36. The standard InChI is InChI=1S/C14H23N3O2/c1-10-6-12(16(2)15-10)7-13(18)14-8-17-5-3-4-11(17)9-19-14/h6,11,13-14,18H,3-5,7-9H2,1-2H3. The molecule has 0 saturated carbocycles. The van der Waals surface area contributed by atoms with E-state index in [2.05, 4.69) is 10.00 Å². The predicted octanol–water partition coefficient (Wildman–Crippen LogP) is 0.495. The Morgan fingerprint density at radius 2 is 2.42 bits per heavy atom. The molecule has 0 amide bonds. The smallest absolute Gasteiger partial charge is 0.0965 e. The van der Waals surface area contributed by atoms with Crippen LogP contribution in [0, 0.1) is 6.92 Å². The molecule has 3 rings (SSSR count). The largest absolute Gasteiger partial charge is 0.390 e. The fraction of sp³-hybridized carbons (Fsp3) is 0.786. The van der Waals surface area contributed by atoms with Crippen LogP contribution >= 0.6 is 0 Å². The first-order valence-electron chi connectivity index (χ1n) is 7.16. The fourth-order valence-electron chi connectivity index (χ4n) is 3.28. The number of morpholine rings is 1. The van der Waals surface area contributed by atoms with E-state index in [-0.39, 0.29) is 6.10 Å². The van der Waals surface area contributed by atoms with Crippen molar-refractivity contribution in [2.45, 2.75) is 44.4 Å². The zero-order valence-corrected chi connectivity index (χ0v) is 11.7. The summed E-state index contributed by atoms with van der Waals surface area (Å²) >= 11 is 0. The molecule has 2 saturated heterocycles. The lowest BCUT2D eigenvalue weighted by atomic mass is 10.1. The van der Waals surface area contributed by atoms with Gasteiger partial charge in [-0.3, -0.25) is 9.58 Å². The van der Waals surface area contributed by atoms with Crippen LogP contribution in [0.1, 0.15) is 24.2 Å². The molecule has 1 aromatic heterocycles. The van der Waals surface area contributed by atoms with Gasteiger partial charge < -0.3 is 9.84 Å². The Morgan fingerprint density at radius 1 is 1.58 bits per heavy atom. The number of aliphatic hydroxyl groups excluding tert-OH is 1. The third-order valence-electron chi connectivity index (χ3n) is 4.36. The highest BCUT2D eigenvalue weighted by molar-refractivity contribution is 5.10. The lowest BCUT2D eigenvalue weighted by Crippen LogP contribution is -2.50. The van der Waals surface area contributed by atoms with E-state index in [1.54, 1.807) is 0 Å². The molecule has 0 bridgehead atoms. The second-order valence-electron chi connectivity index (χ2n) is 5.83. The van der Waals surface area contributed by atoms with Crippen molar-refractivity contribution in [3.05, 3.63) is 17.5 Å². The van der Waals surface area contributed by atoms with Crippen LogP contribution in [-0.4, -0.2) is 57.7 Å². The van der Waals surface area contributed by atoms with Gasteiger partial charge in [0, 0.05) is 31.7 Å². The van der Waals surface area contributed by atoms with E-state index in [1.807, 2.05) is 24.7 Å². The predicted molar refractivity (Wildman–Crippen MR) is 72.0 cm³/mol. The molecule has 19 heavy (non-hydrogen) atoms. The summed E-state index contributed by atoms with van der Waals surface area (Å²) in [6.45, 7) is 4.76. The maximum absolute atomic E-state index is 10.4. The Balaban J connectivity index is 1.61. The summed E-state index contributed by atoms with van der Waals surface area (Å²) in [6, 6.07) is 2.62. The van der Waals surface area contributed by atoms with Gasteiger partial charge in [-0.1, -0.05) is 0 Å². The zero-order chi connectivity index (χ0) is 13.4. The van der Waals surface area contributed by atoms with Crippen molar-refractivity contribution >= 4 is 0 Å². The maximum atomic E-state index is 10.4. The minimum Gasteiger partial charge on any atom is -0.390 e. The molecule has 3 heterocycles. The Labute approximate surface area is 114 Å². The lowest BCUT2D eigenvalue weighted by Gasteiger charge is -2.37. The maximum Gasteiger partial charge on any atom is 0.0965 e. The van der Waals surface area contributed by atoms with Gasteiger partial charge in [-0.15, -0.1) is 0 Å². The molecule has 2 fully saturated rings. The Morgan fingerprint density at radius 3 is 3.16 bits per heavy atom. The van der Waals surface area contributed by atoms with Crippen LogP contribution in [-0.2, 0) is 18.2 Å². The highest BCUT2D eigenvalue weighted by atomic mass is 16.5. The number of aromatic nitrogens is 2. The first-order valence-corrected chi connectivity index (χ1v) is 7.16. The number of ether oxygens (including phenoxy) is 1. The van der Waals surface area contributed by atoms with Crippen molar-refractivity contribution in [3.63, 3.8) is 0 Å². The highest BCUT2D eigenvalue weighted by Gasteiger charge is 2.35. The number of aryl methyl sites for hydroxylation is 2. The van der Waals surface area contributed by atoms with Crippen LogP contribution in [0.4, 0.5) is 0 Å². The molecule has 0 aliphatic carbocycles. The van der Waals surface area contributed by atoms with E-state index >= 15 is 0 Å². The average Bonchev–Trinajstić information content (AvgIpc) is 2.95. The third kappa shape index (κ3) is 2.68. The topological polar surface area (TPSA) is 50.5 Å². The van der Waals surface area contributed by atoms with Gasteiger partial charge >= 0.3 is 0 Å². The van der Waals surface area contributed by atoms with Crippen LogP contribution in [0.5, 0.6) is 0 Å². The van der Waals surface area contributed by atoms with Gasteiger partial charge in [0.1, 0.15) is 0 Å². The minimum absolute atomic E-state index is 0.0652. The summed E-state index contributed by atoms with van der Waals surface area (Å²) < 4.78 is 7.70. The minimum atomic E-state index is -0.448. The normalized spacial score (nSPS) is 29.4. The van der Waals surface area contributed by atoms with Gasteiger partial charge in [0.05, 0.1) is 24.5 Å². The van der Waals surface area contributed by atoms with E-state index in [0.29, 0.717) is 12.5 Å². The molecule has 2 aliphatic heterocycles. The summed E-state index contributed by atoms with van der Waals surface area (Å²) in [7, 11) is 1.92. The van der Waals surface area contributed by atoms with Gasteiger partial charge in [0.2, 0.25) is 0 Å². The summed E-state index contributed by atoms with van der Waals surface area (Å²) in [5, 5.41) is 14.7. The molecule has 3 unspecified atom stereocenters. The molecule has 1 N–H and O–H groups in total. The molecule has 3 atom stereocenters. The van der Waals surface area contributed by atoms with Crippen molar-refractivity contribution in [2.75, 3.05) is 19.7 Å². The first kappa shape index (κ1) is 13.1. The van der Waals surface area contributed by atoms with Gasteiger partial charge in [0.25, 0.3) is 0 Å². The van der Waals surface area contributed by atoms with Gasteiger partial charge in [-0.25, -0.2) is 0 Å². The van der Waals surface area contributed by atoms with E-state index in [4.69, 9.17) is 4.74 Å². The molecule has 106 valence electrons. The molecule has 5 nitrogen and oxygen atoms in total. The van der Waals surface area contributed by atoms with Crippen LogP contribution in [0.2, 0.25) is 0 Å². The number of aliphatic hydroxyl groups is 1. The summed E-state index contributed by atoms with van der Waals surface area (Å²) in [4.78, 5) is 2.46. The van der Waals surface area contributed by atoms with Crippen molar-refractivity contribution in [3.8, 4) is 0 Å². The average molecular weight is 265 g/mol. The van der Waals surface area contributed by atoms with Gasteiger partial charge in [-0.2, -0.15) is 5.10 Å². The molecule has 0 aromatic carbocycles. The number of fused-ring (bicyclic) bond motifs is 1. The van der Waals surface area contributed by atoms with Crippen molar-refractivity contribution in [1.82, 2.24) is 14.7 Å². The van der Waals surface area contributed by atoms with Crippen LogP contribution in [0.25, 0.3) is 0 Å². The molecule has 1 aromatic rings.